The summed E-state index contributed by atoms with van der Waals surface area (Å²) in [6, 6.07) is 3.22. The monoisotopic (exact) mass is 286 g/mol. The predicted molar refractivity (Wildman–Crippen MR) is 76.8 cm³/mol. The summed E-state index contributed by atoms with van der Waals surface area (Å²) >= 11 is 0. The van der Waals surface area contributed by atoms with Crippen LogP contribution in [0.25, 0.3) is 0 Å². The molecule has 0 aliphatic carbocycles. The third kappa shape index (κ3) is 5.54. The van der Waals surface area contributed by atoms with Crippen LogP contribution in [0.3, 0.4) is 0 Å². The van der Waals surface area contributed by atoms with E-state index in [-0.39, 0.29) is 4.90 Å². The van der Waals surface area contributed by atoms with Crippen molar-refractivity contribution in [3.63, 3.8) is 0 Å². The van der Waals surface area contributed by atoms with Crippen LogP contribution in [0.4, 0.5) is 5.82 Å². The molecular formula is C12H22N4O2S. The Kier molecular flexibility index (Phi) is 6.20. The van der Waals surface area contributed by atoms with Gasteiger partial charge in [-0.1, -0.05) is 0 Å². The van der Waals surface area contributed by atoms with Crippen LogP contribution in [0.5, 0.6) is 0 Å². The number of pyridine rings is 1. The van der Waals surface area contributed by atoms with E-state index in [1.165, 1.54) is 6.20 Å². The molecule has 0 aliphatic rings. The zero-order chi connectivity index (χ0) is 14.3. The van der Waals surface area contributed by atoms with Gasteiger partial charge in [0.05, 0.1) is 0 Å². The average molecular weight is 286 g/mol. The summed E-state index contributed by atoms with van der Waals surface area (Å²) in [7, 11) is 0.464. The molecule has 0 spiro atoms. The number of rotatable bonds is 8. The minimum atomic E-state index is -3.45. The molecular weight excluding hydrogens is 264 g/mol. The van der Waals surface area contributed by atoms with E-state index in [1.807, 2.05) is 25.9 Å². The number of anilines is 1. The van der Waals surface area contributed by atoms with E-state index in [2.05, 4.69) is 15.0 Å². The van der Waals surface area contributed by atoms with Gasteiger partial charge in [0.25, 0.3) is 0 Å². The molecule has 1 aromatic heterocycles. The Morgan fingerprint density at radius 1 is 1.32 bits per heavy atom. The van der Waals surface area contributed by atoms with Gasteiger partial charge in [0.2, 0.25) is 10.0 Å². The molecule has 0 aliphatic heterocycles. The fraction of sp³-hybridized carbons (Fsp3) is 0.583. The van der Waals surface area contributed by atoms with Gasteiger partial charge >= 0.3 is 0 Å². The summed E-state index contributed by atoms with van der Waals surface area (Å²) in [6.07, 6.45) is 2.14. The zero-order valence-electron chi connectivity index (χ0n) is 11.7. The van der Waals surface area contributed by atoms with E-state index in [0.29, 0.717) is 12.4 Å². The molecule has 108 valence electrons. The Bertz CT molecular complexity index is 471. The van der Waals surface area contributed by atoms with Crippen molar-refractivity contribution in [1.82, 2.24) is 14.6 Å². The molecule has 0 amide bonds. The second-order valence-corrected chi connectivity index (χ2v) is 6.23. The Morgan fingerprint density at radius 2 is 2.05 bits per heavy atom. The van der Waals surface area contributed by atoms with Crippen LogP contribution in [0, 0.1) is 0 Å². The van der Waals surface area contributed by atoms with E-state index in [9.17, 15) is 8.42 Å². The maximum Gasteiger partial charge on any atom is 0.242 e. The zero-order valence-corrected chi connectivity index (χ0v) is 12.5. The van der Waals surface area contributed by atoms with Crippen LogP contribution >= 0.6 is 0 Å². The molecule has 6 nitrogen and oxygen atoms in total. The molecule has 0 radical (unpaired) electrons. The third-order valence-corrected chi connectivity index (χ3v) is 3.92. The van der Waals surface area contributed by atoms with Gasteiger partial charge in [-0.3, -0.25) is 0 Å². The van der Waals surface area contributed by atoms with Crippen LogP contribution in [-0.4, -0.2) is 52.0 Å². The topological polar surface area (TPSA) is 74.3 Å². The van der Waals surface area contributed by atoms with Crippen molar-refractivity contribution in [2.24, 2.45) is 0 Å². The van der Waals surface area contributed by atoms with Crippen LogP contribution in [0.2, 0.25) is 0 Å². The minimum absolute atomic E-state index is 0.194. The number of nitrogens with zero attached hydrogens (tertiary/aromatic N) is 2. The third-order valence-electron chi connectivity index (χ3n) is 2.48. The van der Waals surface area contributed by atoms with Gasteiger partial charge < -0.3 is 10.2 Å². The number of hydrogen-bond acceptors (Lipinski definition) is 5. The van der Waals surface area contributed by atoms with Crippen LogP contribution in [-0.2, 0) is 10.0 Å². The summed E-state index contributed by atoms with van der Waals surface area (Å²) in [5, 5.41) is 3.02. The summed E-state index contributed by atoms with van der Waals surface area (Å²) in [6.45, 7) is 3.98. The van der Waals surface area contributed by atoms with Crippen molar-refractivity contribution >= 4 is 15.8 Å². The Morgan fingerprint density at radius 3 is 2.58 bits per heavy atom. The van der Waals surface area contributed by atoms with E-state index in [4.69, 9.17) is 0 Å². The van der Waals surface area contributed by atoms with Crippen LogP contribution in [0.15, 0.2) is 23.2 Å². The van der Waals surface area contributed by atoms with Crippen molar-refractivity contribution in [1.29, 1.82) is 0 Å². The molecule has 19 heavy (non-hydrogen) atoms. The van der Waals surface area contributed by atoms with Crippen LogP contribution in [0.1, 0.15) is 13.3 Å². The largest absolute Gasteiger partial charge is 0.370 e. The molecule has 0 saturated carbocycles. The molecule has 2 N–H and O–H groups in total. The minimum Gasteiger partial charge on any atom is -0.370 e. The first-order valence-electron chi connectivity index (χ1n) is 6.30. The molecule has 0 atom stereocenters. The van der Waals surface area contributed by atoms with Gasteiger partial charge in [-0.15, -0.1) is 0 Å². The van der Waals surface area contributed by atoms with Gasteiger partial charge in [0, 0.05) is 19.3 Å². The number of hydrogen-bond donors (Lipinski definition) is 2. The summed E-state index contributed by atoms with van der Waals surface area (Å²) in [5.74, 6) is 0.675. The van der Waals surface area contributed by atoms with Gasteiger partial charge in [-0.25, -0.2) is 18.1 Å². The highest BCUT2D eigenvalue weighted by atomic mass is 32.2. The lowest BCUT2D eigenvalue weighted by Crippen LogP contribution is -2.27. The van der Waals surface area contributed by atoms with Crippen molar-refractivity contribution in [3.8, 4) is 0 Å². The molecule has 0 bridgehead atoms. The first-order chi connectivity index (χ1) is 8.95. The maximum atomic E-state index is 12.0. The Labute approximate surface area is 115 Å². The summed E-state index contributed by atoms with van der Waals surface area (Å²) < 4.78 is 26.5. The lowest BCUT2D eigenvalue weighted by atomic mass is 10.4. The highest BCUT2D eigenvalue weighted by Gasteiger charge is 2.13. The van der Waals surface area contributed by atoms with Crippen LogP contribution < -0.4 is 10.0 Å². The lowest BCUT2D eigenvalue weighted by Gasteiger charge is -2.10. The molecule has 1 heterocycles. The average Bonchev–Trinajstić information content (AvgIpc) is 2.36. The van der Waals surface area contributed by atoms with E-state index in [1.54, 1.807) is 12.1 Å². The maximum absolute atomic E-state index is 12.0. The lowest BCUT2D eigenvalue weighted by molar-refractivity contribution is 0.400. The number of nitrogens with one attached hydrogen (secondary N) is 2. The molecule has 0 saturated heterocycles. The van der Waals surface area contributed by atoms with E-state index >= 15 is 0 Å². The second-order valence-electron chi connectivity index (χ2n) is 4.46. The van der Waals surface area contributed by atoms with Crippen molar-refractivity contribution in [3.05, 3.63) is 18.3 Å². The Balaban J connectivity index is 2.56. The SMILES string of the molecule is CCNc1ccc(S(=O)(=O)NCCCN(C)C)cn1. The first-order valence-corrected chi connectivity index (χ1v) is 7.78. The van der Waals surface area contributed by atoms with Gasteiger partial charge in [0.15, 0.2) is 0 Å². The fourth-order valence-electron chi connectivity index (χ4n) is 1.51. The fourth-order valence-corrected chi connectivity index (χ4v) is 2.53. The summed E-state index contributed by atoms with van der Waals surface area (Å²) in [4.78, 5) is 6.26. The first kappa shape index (κ1) is 15.9. The van der Waals surface area contributed by atoms with Gasteiger partial charge in [0.1, 0.15) is 10.7 Å². The highest BCUT2D eigenvalue weighted by Crippen LogP contribution is 2.10. The second kappa shape index (κ2) is 7.42. The van der Waals surface area contributed by atoms with E-state index in [0.717, 1.165) is 19.5 Å². The number of sulfonamides is 1. The molecule has 1 aromatic rings. The molecule has 1 rings (SSSR count). The quantitative estimate of drug-likeness (QED) is 0.690. The standard InChI is InChI=1S/C12H22N4O2S/c1-4-13-12-7-6-11(10-14-12)19(17,18)15-8-5-9-16(2)3/h6-7,10,15H,4-5,8-9H2,1-3H3,(H,13,14). The van der Waals surface area contributed by atoms with Gasteiger partial charge in [-0.2, -0.15) is 0 Å². The Hall–Kier alpha value is -1.18. The predicted octanol–water partition coefficient (Wildman–Crippen LogP) is 0.743. The normalized spacial score (nSPS) is 11.8. The smallest absolute Gasteiger partial charge is 0.242 e. The number of aromatic nitrogens is 1. The van der Waals surface area contributed by atoms with Crippen molar-refractivity contribution < 1.29 is 8.42 Å². The molecule has 0 aromatic carbocycles. The molecule has 0 unspecified atom stereocenters. The van der Waals surface area contributed by atoms with Crippen molar-refractivity contribution in [2.45, 2.75) is 18.2 Å². The van der Waals surface area contributed by atoms with Crippen molar-refractivity contribution in [2.75, 3.05) is 39.0 Å². The highest BCUT2D eigenvalue weighted by molar-refractivity contribution is 7.89. The van der Waals surface area contributed by atoms with E-state index < -0.39 is 10.0 Å². The summed E-state index contributed by atoms with van der Waals surface area (Å²) in [5.41, 5.74) is 0. The molecule has 7 heteroatoms. The molecule has 0 fully saturated rings. The van der Waals surface area contributed by atoms with Gasteiger partial charge in [-0.05, 0) is 46.1 Å².